The lowest BCUT2D eigenvalue weighted by Crippen LogP contribution is -2.03. The molecule has 0 atom stereocenters. The van der Waals surface area contributed by atoms with Crippen molar-refractivity contribution in [2.24, 2.45) is 0 Å². The van der Waals surface area contributed by atoms with Crippen LogP contribution in [-0.2, 0) is 0 Å². The molecule has 1 heterocycles. The highest BCUT2D eigenvalue weighted by Crippen LogP contribution is 2.31. The Hall–Kier alpha value is -3.28. The predicted molar refractivity (Wildman–Crippen MR) is 109 cm³/mol. The van der Waals surface area contributed by atoms with E-state index in [4.69, 9.17) is 9.47 Å². The van der Waals surface area contributed by atoms with Crippen molar-refractivity contribution in [1.82, 2.24) is 9.97 Å². The highest BCUT2D eigenvalue weighted by molar-refractivity contribution is 5.63. The summed E-state index contributed by atoms with van der Waals surface area (Å²) in [6.07, 6.45) is 0. The maximum atomic E-state index is 5.35. The van der Waals surface area contributed by atoms with Crippen molar-refractivity contribution in [3.63, 3.8) is 0 Å². The van der Waals surface area contributed by atoms with Crippen molar-refractivity contribution in [2.75, 3.05) is 24.9 Å². The Morgan fingerprint density at radius 3 is 2.07 bits per heavy atom. The number of rotatable bonds is 6. The fourth-order valence-corrected chi connectivity index (χ4v) is 2.93. The number of aryl methyl sites for hydroxylation is 3. The van der Waals surface area contributed by atoms with Gasteiger partial charge in [0, 0.05) is 29.2 Å². The van der Waals surface area contributed by atoms with Gasteiger partial charge in [0.1, 0.15) is 5.82 Å². The third kappa shape index (κ3) is 4.67. The summed E-state index contributed by atoms with van der Waals surface area (Å²) in [5.41, 5.74) is 5.08. The van der Waals surface area contributed by atoms with Crippen LogP contribution < -0.4 is 20.1 Å². The molecule has 2 N–H and O–H groups in total. The van der Waals surface area contributed by atoms with Gasteiger partial charge in [0.2, 0.25) is 5.95 Å². The molecule has 0 fully saturated rings. The maximum absolute atomic E-state index is 5.35. The molecule has 6 heteroatoms. The SMILES string of the molecule is COc1ccc(Nc2nc(C)cc(Nc3cc(C)cc(C)c3)n2)cc1OC. The summed E-state index contributed by atoms with van der Waals surface area (Å²) in [5.74, 6) is 2.55. The second-order valence-corrected chi connectivity index (χ2v) is 6.41. The summed E-state index contributed by atoms with van der Waals surface area (Å²) in [5, 5.41) is 6.58. The number of methoxy groups -OCH3 is 2. The minimum absolute atomic E-state index is 0.508. The summed E-state index contributed by atoms with van der Waals surface area (Å²) < 4.78 is 10.6. The summed E-state index contributed by atoms with van der Waals surface area (Å²) in [6, 6.07) is 13.8. The molecular weight excluding hydrogens is 340 g/mol. The lowest BCUT2D eigenvalue weighted by atomic mass is 10.1. The Balaban J connectivity index is 1.85. The number of ether oxygens (including phenoxy) is 2. The molecular formula is C21H24N4O2. The molecule has 140 valence electrons. The molecule has 0 aliphatic carbocycles. The number of anilines is 4. The number of hydrogen-bond donors (Lipinski definition) is 2. The van der Waals surface area contributed by atoms with E-state index in [0.29, 0.717) is 17.4 Å². The summed E-state index contributed by atoms with van der Waals surface area (Å²) in [7, 11) is 3.22. The predicted octanol–water partition coefficient (Wildman–Crippen LogP) is 4.91. The number of benzene rings is 2. The van der Waals surface area contributed by atoms with Crippen molar-refractivity contribution < 1.29 is 9.47 Å². The molecule has 0 saturated carbocycles. The van der Waals surface area contributed by atoms with Crippen LogP contribution in [0, 0.1) is 20.8 Å². The van der Waals surface area contributed by atoms with Gasteiger partial charge in [-0.15, -0.1) is 0 Å². The van der Waals surface area contributed by atoms with Gasteiger partial charge < -0.3 is 20.1 Å². The number of hydrogen-bond acceptors (Lipinski definition) is 6. The molecule has 0 radical (unpaired) electrons. The van der Waals surface area contributed by atoms with Gasteiger partial charge in [0.05, 0.1) is 14.2 Å². The largest absolute Gasteiger partial charge is 0.493 e. The zero-order chi connectivity index (χ0) is 19.4. The average molecular weight is 364 g/mol. The van der Waals surface area contributed by atoms with E-state index < -0.39 is 0 Å². The molecule has 6 nitrogen and oxygen atoms in total. The van der Waals surface area contributed by atoms with Crippen LogP contribution >= 0.6 is 0 Å². The standard InChI is InChI=1S/C21H24N4O2/c1-13-8-14(2)10-17(9-13)23-20-11-15(3)22-21(25-20)24-16-6-7-18(26-4)19(12-16)27-5/h6-12H,1-5H3,(H2,22,23,24,25). The van der Waals surface area contributed by atoms with Gasteiger partial charge in [0.25, 0.3) is 0 Å². The van der Waals surface area contributed by atoms with Gasteiger partial charge in [-0.05, 0) is 56.2 Å². The van der Waals surface area contributed by atoms with Crippen LogP contribution in [0.4, 0.5) is 23.1 Å². The van der Waals surface area contributed by atoms with Crippen LogP contribution in [-0.4, -0.2) is 24.2 Å². The Morgan fingerprint density at radius 2 is 1.41 bits per heavy atom. The van der Waals surface area contributed by atoms with Crippen molar-refractivity contribution in [2.45, 2.75) is 20.8 Å². The first-order valence-electron chi connectivity index (χ1n) is 8.67. The lowest BCUT2D eigenvalue weighted by Gasteiger charge is -2.13. The van der Waals surface area contributed by atoms with E-state index in [9.17, 15) is 0 Å². The van der Waals surface area contributed by atoms with E-state index >= 15 is 0 Å². The van der Waals surface area contributed by atoms with Gasteiger partial charge >= 0.3 is 0 Å². The Bertz CT molecular complexity index is 937. The first kappa shape index (κ1) is 18.5. The highest BCUT2D eigenvalue weighted by Gasteiger charge is 2.08. The number of aromatic nitrogens is 2. The van der Waals surface area contributed by atoms with Crippen molar-refractivity contribution in [3.8, 4) is 11.5 Å². The quantitative estimate of drug-likeness (QED) is 0.648. The molecule has 0 aliphatic rings. The van der Waals surface area contributed by atoms with Crippen LogP contribution in [0.25, 0.3) is 0 Å². The van der Waals surface area contributed by atoms with Gasteiger partial charge in [-0.1, -0.05) is 6.07 Å². The van der Waals surface area contributed by atoms with E-state index in [1.807, 2.05) is 31.2 Å². The summed E-state index contributed by atoms with van der Waals surface area (Å²) in [6.45, 7) is 6.09. The molecule has 3 aromatic rings. The van der Waals surface area contributed by atoms with Crippen LogP contribution in [0.5, 0.6) is 11.5 Å². The Labute approximate surface area is 159 Å². The molecule has 0 aliphatic heterocycles. The van der Waals surface area contributed by atoms with Crippen LogP contribution in [0.2, 0.25) is 0 Å². The molecule has 0 bridgehead atoms. The van der Waals surface area contributed by atoms with Gasteiger partial charge in [0.15, 0.2) is 11.5 Å². The first-order valence-corrected chi connectivity index (χ1v) is 8.67. The zero-order valence-corrected chi connectivity index (χ0v) is 16.3. The van der Waals surface area contributed by atoms with Gasteiger partial charge in [-0.2, -0.15) is 4.98 Å². The monoisotopic (exact) mass is 364 g/mol. The molecule has 0 amide bonds. The van der Waals surface area contributed by atoms with E-state index in [2.05, 4.69) is 52.6 Å². The third-order valence-corrected chi connectivity index (χ3v) is 3.99. The number of nitrogens with one attached hydrogen (secondary N) is 2. The van der Waals surface area contributed by atoms with Crippen molar-refractivity contribution >= 4 is 23.1 Å². The van der Waals surface area contributed by atoms with Crippen molar-refractivity contribution in [1.29, 1.82) is 0 Å². The highest BCUT2D eigenvalue weighted by atomic mass is 16.5. The average Bonchev–Trinajstić information content (AvgIpc) is 2.60. The molecule has 0 unspecified atom stereocenters. The summed E-state index contributed by atoms with van der Waals surface area (Å²) in [4.78, 5) is 9.05. The van der Waals surface area contributed by atoms with E-state index in [1.54, 1.807) is 14.2 Å². The lowest BCUT2D eigenvalue weighted by molar-refractivity contribution is 0.355. The normalized spacial score (nSPS) is 10.4. The van der Waals surface area contributed by atoms with Crippen LogP contribution in [0.15, 0.2) is 42.5 Å². The smallest absolute Gasteiger partial charge is 0.229 e. The zero-order valence-electron chi connectivity index (χ0n) is 16.3. The van der Waals surface area contributed by atoms with Crippen molar-refractivity contribution in [3.05, 3.63) is 59.3 Å². The molecule has 0 saturated heterocycles. The molecule has 0 spiro atoms. The Morgan fingerprint density at radius 1 is 0.704 bits per heavy atom. The fourth-order valence-electron chi connectivity index (χ4n) is 2.93. The van der Waals surface area contributed by atoms with Gasteiger partial charge in [-0.3, -0.25) is 0 Å². The fraction of sp³-hybridized carbons (Fsp3) is 0.238. The van der Waals surface area contributed by atoms with Crippen LogP contribution in [0.3, 0.4) is 0 Å². The third-order valence-electron chi connectivity index (χ3n) is 3.99. The minimum atomic E-state index is 0.508. The summed E-state index contributed by atoms with van der Waals surface area (Å²) >= 11 is 0. The molecule has 27 heavy (non-hydrogen) atoms. The minimum Gasteiger partial charge on any atom is -0.493 e. The van der Waals surface area contributed by atoms with Gasteiger partial charge in [-0.25, -0.2) is 4.98 Å². The molecule has 2 aromatic carbocycles. The molecule has 3 rings (SSSR count). The van der Waals surface area contributed by atoms with Crippen LogP contribution in [0.1, 0.15) is 16.8 Å². The van der Waals surface area contributed by atoms with E-state index in [-0.39, 0.29) is 0 Å². The first-order chi connectivity index (χ1) is 13.0. The Kier molecular flexibility index (Phi) is 5.45. The maximum Gasteiger partial charge on any atom is 0.229 e. The second kappa shape index (κ2) is 7.95. The number of nitrogens with zero attached hydrogens (tertiary/aromatic N) is 2. The molecule has 1 aromatic heterocycles. The topological polar surface area (TPSA) is 68.3 Å². The van der Waals surface area contributed by atoms with E-state index in [1.165, 1.54) is 11.1 Å². The van der Waals surface area contributed by atoms with E-state index in [0.717, 1.165) is 22.9 Å². The second-order valence-electron chi connectivity index (χ2n) is 6.41.